The SMILES string of the molecule is N#Cc1cc(Br)ccc1CS(=O)(=O)NC(=O)C(N)Cc1cccnc1. The molecule has 0 fully saturated rings. The van der Waals surface area contributed by atoms with E-state index in [1.165, 1.54) is 12.1 Å². The van der Waals surface area contributed by atoms with Gasteiger partial charge >= 0.3 is 0 Å². The van der Waals surface area contributed by atoms with Crippen LogP contribution in [0.1, 0.15) is 16.7 Å². The van der Waals surface area contributed by atoms with E-state index in [-0.39, 0.29) is 12.0 Å². The molecule has 0 aliphatic rings. The highest BCUT2D eigenvalue weighted by atomic mass is 79.9. The lowest BCUT2D eigenvalue weighted by atomic mass is 10.1. The van der Waals surface area contributed by atoms with Crippen LogP contribution < -0.4 is 10.5 Å². The number of halogens is 1. The van der Waals surface area contributed by atoms with Gasteiger partial charge in [-0.2, -0.15) is 5.26 Å². The average Bonchev–Trinajstić information content (AvgIpc) is 2.56. The lowest BCUT2D eigenvalue weighted by molar-refractivity contribution is -0.120. The molecule has 7 nitrogen and oxygen atoms in total. The second kappa shape index (κ2) is 8.20. The van der Waals surface area contributed by atoms with E-state index in [0.717, 1.165) is 5.56 Å². The smallest absolute Gasteiger partial charge is 0.250 e. The third kappa shape index (κ3) is 5.63. The van der Waals surface area contributed by atoms with Crippen molar-refractivity contribution in [1.29, 1.82) is 5.26 Å². The molecular weight excluding hydrogens is 408 g/mol. The molecule has 2 aromatic rings. The van der Waals surface area contributed by atoms with Crippen LogP contribution in [0.2, 0.25) is 0 Å². The molecule has 130 valence electrons. The maximum absolute atomic E-state index is 12.2. The van der Waals surface area contributed by atoms with Crippen molar-refractivity contribution in [3.8, 4) is 6.07 Å². The molecule has 0 saturated heterocycles. The van der Waals surface area contributed by atoms with Crippen molar-refractivity contribution >= 4 is 31.9 Å². The van der Waals surface area contributed by atoms with Crippen molar-refractivity contribution in [3.05, 3.63) is 63.9 Å². The van der Waals surface area contributed by atoms with Gasteiger partial charge in [0.2, 0.25) is 10.0 Å². The molecule has 0 radical (unpaired) electrons. The van der Waals surface area contributed by atoms with Crippen molar-refractivity contribution in [1.82, 2.24) is 9.71 Å². The van der Waals surface area contributed by atoms with Crippen molar-refractivity contribution in [2.24, 2.45) is 5.73 Å². The Morgan fingerprint density at radius 1 is 1.40 bits per heavy atom. The lowest BCUT2D eigenvalue weighted by Crippen LogP contribution is -2.44. The van der Waals surface area contributed by atoms with Crippen molar-refractivity contribution in [2.75, 3.05) is 0 Å². The molecule has 1 unspecified atom stereocenters. The number of nitrogens with two attached hydrogens (primary N) is 1. The van der Waals surface area contributed by atoms with Crippen LogP contribution in [0.25, 0.3) is 0 Å². The summed E-state index contributed by atoms with van der Waals surface area (Å²) in [5.74, 6) is -1.30. The monoisotopic (exact) mass is 422 g/mol. The molecular formula is C16H15BrN4O3S. The van der Waals surface area contributed by atoms with Gasteiger partial charge in [-0.05, 0) is 35.7 Å². The number of sulfonamides is 1. The second-order valence-corrected chi connectivity index (χ2v) is 7.95. The van der Waals surface area contributed by atoms with Gasteiger partial charge in [0.25, 0.3) is 5.91 Å². The number of pyridine rings is 1. The summed E-state index contributed by atoms with van der Waals surface area (Å²) in [6, 6.07) is 9.01. The first-order valence-corrected chi connectivity index (χ1v) is 9.62. The summed E-state index contributed by atoms with van der Waals surface area (Å²) in [6.07, 6.45) is 3.31. The zero-order valence-corrected chi connectivity index (χ0v) is 15.4. The maximum atomic E-state index is 12.2. The third-order valence-corrected chi connectivity index (χ3v) is 5.01. The molecule has 0 aliphatic heterocycles. The minimum Gasteiger partial charge on any atom is -0.320 e. The van der Waals surface area contributed by atoms with Crippen LogP contribution in [0.5, 0.6) is 0 Å². The Morgan fingerprint density at radius 3 is 2.80 bits per heavy atom. The maximum Gasteiger partial charge on any atom is 0.250 e. The van der Waals surface area contributed by atoms with E-state index < -0.39 is 27.7 Å². The number of amides is 1. The summed E-state index contributed by atoms with van der Waals surface area (Å²) in [5.41, 5.74) is 7.00. The summed E-state index contributed by atoms with van der Waals surface area (Å²) in [7, 11) is -3.98. The van der Waals surface area contributed by atoms with E-state index in [4.69, 9.17) is 11.0 Å². The molecule has 9 heteroatoms. The highest BCUT2D eigenvalue weighted by molar-refractivity contribution is 9.10. The topological polar surface area (TPSA) is 126 Å². The first-order chi connectivity index (χ1) is 11.8. The van der Waals surface area contributed by atoms with Crippen LogP contribution in [-0.2, 0) is 27.0 Å². The molecule has 0 spiro atoms. The number of benzene rings is 1. The predicted molar refractivity (Wildman–Crippen MR) is 95.5 cm³/mol. The zero-order chi connectivity index (χ0) is 18.4. The van der Waals surface area contributed by atoms with Crippen LogP contribution >= 0.6 is 15.9 Å². The van der Waals surface area contributed by atoms with Gasteiger partial charge in [0.15, 0.2) is 0 Å². The van der Waals surface area contributed by atoms with Crippen molar-refractivity contribution in [3.63, 3.8) is 0 Å². The fraction of sp³-hybridized carbons (Fsp3) is 0.188. The number of hydrogen-bond donors (Lipinski definition) is 2. The molecule has 0 aliphatic carbocycles. The number of carbonyl (C=O) groups is 1. The van der Waals surface area contributed by atoms with E-state index in [9.17, 15) is 13.2 Å². The Morgan fingerprint density at radius 2 is 2.16 bits per heavy atom. The van der Waals surface area contributed by atoms with E-state index in [0.29, 0.717) is 10.0 Å². The van der Waals surface area contributed by atoms with Gasteiger partial charge in [-0.3, -0.25) is 14.5 Å². The van der Waals surface area contributed by atoms with Gasteiger partial charge in [0, 0.05) is 16.9 Å². The van der Waals surface area contributed by atoms with Crippen LogP contribution in [0.15, 0.2) is 47.2 Å². The number of rotatable bonds is 6. The first kappa shape index (κ1) is 19.1. The summed E-state index contributed by atoms with van der Waals surface area (Å²) >= 11 is 3.22. The fourth-order valence-corrected chi connectivity index (χ4v) is 3.67. The number of carbonyl (C=O) groups excluding carboxylic acids is 1. The standard InChI is InChI=1S/C16H15BrN4O3S/c17-14-4-3-12(13(7-14)8-18)10-25(23,24)21-16(22)15(19)6-11-2-1-5-20-9-11/h1-5,7,9,15H,6,10,19H2,(H,21,22). The highest BCUT2D eigenvalue weighted by Gasteiger charge is 2.22. The summed E-state index contributed by atoms with van der Waals surface area (Å²) in [6.45, 7) is 0. The fourth-order valence-electron chi connectivity index (χ4n) is 2.11. The molecule has 1 aromatic carbocycles. The first-order valence-electron chi connectivity index (χ1n) is 7.18. The summed E-state index contributed by atoms with van der Waals surface area (Å²) in [5, 5.41) is 9.10. The molecule has 25 heavy (non-hydrogen) atoms. The molecule has 3 N–H and O–H groups in total. The van der Waals surface area contributed by atoms with Gasteiger partial charge < -0.3 is 5.73 Å². The predicted octanol–water partition coefficient (Wildman–Crippen LogP) is 1.23. The van der Waals surface area contributed by atoms with Crippen LogP contribution in [0.3, 0.4) is 0 Å². The van der Waals surface area contributed by atoms with Gasteiger partial charge in [0.05, 0.1) is 23.4 Å². The number of nitrogens with zero attached hydrogens (tertiary/aromatic N) is 2. The summed E-state index contributed by atoms with van der Waals surface area (Å²) in [4.78, 5) is 16.0. The van der Waals surface area contributed by atoms with Gasteiger partial charge in [-0.25, -0.2) is 8.42 Å². The average molecular weight is 423 g/mol. The number of nitrogens with one attached hydrogen (secondary N) is 1. The van der Waals surface area contributed by atoms with E-state index in [1.54, 1.807) is 30.6 Å². The van der Waals surface area contributed by atoms with Crippen LogP contribution in [0, 0.1) is 11.3 Å². The quantitative estimate of drug-likeness (QED) is 0.720. The second-order valence-electron chi connectivity index (χ2n) is 5.31. The molecule has 1 amide bonds. The Hall–Kier alpha value is -2.28. The minimum atomic E-state index is -3.98. The van der Waals surface area contributed by atoms with Crippen molar-refractivity contribution < 1.29 is 13.2 Å². The third-order valence-electron chi connectivity index (χ3n) is 3.31. The van der Waals surface area contributed by atoms with Crippen LogP contribution in [-0.4, -0.2) is 25.4 Å². The van der Waals surface area contributed by atoms with Gasteiger partial charge in [-0.15, -0.1) is 0 Å². The number of hydrogen-bond acceptors (Lipinski definition) is 6. The largest absolute Gasteiger partial charge is 0.320 e. The summed E-state index contributed by atoms with van der Waals surface area (Å²) < 4.78 is 27.0. The minimum absolute atomic E-state index is 0.164. The number of aromatic nitrogens is 1. The Bertz CT molecular complexity index is 911. The van der Waals surface area contributed by atoms with Gasteiger partial charge in [0.1, 0.15) is 0 Å². The van der Waals surface area contributed by atoms with Crippen LogP contribution in [0.4, 0.5) is 0 Å². The Kier molecular flexibility index (Phi) is 6.25. The number of nitriles is 1. The van der Waals surface area contributed by atoms with E-state index >= 15 is 0 Å². The molecule has 0 bridgehead atoms. The molecule has 1 heterocycles. The van der Waals surface area contributed by atoms with Gasteiger partial charge in [-0.1, -0.05) is 28.1 Å². The Labute approximate surface area is 154 Å². The molecule has 1 aromatic heterocycles. The van der Waals surface area contributed by atoms with E-state index in [2.05, 4.69) is 20.9 Å². The normalized spacial score (nSPS) is 12.2. The molecule has 1 atom stereocenters. The zero-order valence-electron chi connectivity index (χ0n) is 13.0. The lowest BCUT2D eigenvalue weighted by Gasteiger charge is -2.13. The van der Waals surface area contributed by atoms with Crippen molar-refractivity contribution in [2.45, 2.75) is 18.2 Å². The molecule has 2 rings (SSSR count). The Balaban J connectivity index is 2.05. The highest BCUT2D eigenvalue weighted by Crippen LogP contribution is 2.18. The molecule has 0 saturated carbocycles. The van der Waals surface area contributed by atoms with E-state index in [1.807, 2.05) is 10.8 Å².